The molecule has 2 aromatic rings. The van der Waals surface area contributed by atoms with Gasteiger partial charge in [0.1, 0.15) is 0 Å². The molecule has 2 N–H and O–H groups in total. The third-order valence-electron chi connectivity index (χ3n) is 2.67. The van der Waals surface area contributed by atoms with Crippen molar-refractivity contribution in [1.82, 2.24) is 0 Å². The number of aromatic hydroxyl groups is 1. The summed E-state index contributed by atoms with van der Waals surface area (Å²) < 4.78 is 0. The zero-order valence-corrected chi connectivity index (χ0v) is 14.1. The van der Waals surface area contributed by atoms with Crippen molar-refractivity contribution >= 4 is 64.0 Å². The van der Waals surface area contributed by atoms with Crippen molar-refractivity contribution in [2.75, 3.05) is 5.43 Å². The molecule has 2 aromatic carbocycles. The number of hydrogen-bond acceptors (Lipinski definition) is 5. The molecule has 0 aromatic heterocycles. The van der Waals surface area contributed by atoms with Crippen LogP contribution in [-0.4, -0.2) is 16.2 Å². The number of nitro groups is 1. The van der Waals surface area contributed by atoms with Crippen molar-refractivity contribution in [1.29, 1.82) is 0 Å². The number of anilines is 1. The molecule has 120 valence electrons. The van der Waals surface area contributed by atoms with Gasteiger partial charge in [-0.25, -0.2) is 0 Å². The van der Waals surface area contributed by atoms with Crippen LogP contribution in [0.4, 0.5) is 11.4 Å². The van der Waals surface area contributed by atoms with Gasteiger partial charge in [-0.2, -0.15) is 5.10 Å². The van der Waals surface area contributed by atoms with Crippen molar-refractivity contribution in [2.45, 2.75) is 0 Å². The van der Waals surface area contributed by atoms with Gasteiger partial charge in [0.25, 0.3) is 0 Å². The number of nitrogens with one attached hydrogen (secondary N) is 1. The molecule has 0 unspecified atom stereocenters. The minimum Gasteiger partial charge on any atom is -0.502 e. The van der Waals surface area contributed by atoms with Crippen LogP contribution in [0.2, 0.25) is 20.1 Å². The van der Waals surface area contributed by atoms with E-state index in [1.165, 1.54) is 18.2 Å². The molecule has 0 bridgehead atoms. The summed E-state index contributed by atoms with van der Waals surface area (Å²) in [4.78, 5) is 10.1. The van der Waals surface area contributed by atoms with Gasteiger partial charge in [0, 0.05) is 21.7 Å². The third kappa shape index (κ3) is 4.17. The van der Waals surface area contributed by atoms with E-state index in [2.05, 4.69) is 10.5 Å². The van der Waals surface area contributed by atoms with Crippen LogP contribution in [-0.2, 0) is 0 Å². The second-order valence-electron chi connectivity index (χ2n) is 4.23. The number of nitro benzene ring substituents is 1. The molecule has 2 rings (SSSR count). The number of phenols is 1. The summed E-state index contributed by atoms with van der Waals surface area (Å²) in [5.41, 5.74) is 2.40. The van der Waals surface area contributed by atoms with Crippen LogP contribution in [0.1, 0.15) is 5.56 Å². The summed E-state index contributed by atoms with van der Waals surface area (Å²) >= 11 is 23.5. The van der Waals surface area contributed by atoms with Gasteiger partial charge in [0.05, 0.1) is 26.9 Å². The van der Waals surface area contributed by atoms with Crippen molar-refractivity contribution in [3.8, 4) is 5.75 Å². The summed E-state index contributed by atoms with van der Waals surface area (Å²) in [6.07, 6.45) is 1.15. The van der Waals surface area contributed by atoms with Gasteiger partial charge in [0.2, 0.25) is 5.75 Å². The van der Waals surface area contributed by atoms with E-state index in [9.17, 15) is 15.2 Å². The minimum absolute atomic E-state index is 0.0536. The van der Waals surface area contributed by atoms with Crippen LogP contribution in [0.3, 0.4) is 0 Å². The Bertz CT molecular complexity index is 788. The highest BCUT2D eigenvalue weighted by atomic mass is 35.5. The van der Waals surface area contributed by atoms with Gasteiger partial charge in [-0.1, -0.05) is 46.4 Å². The lowest BCUT2D eigenvalue weighted by Gasteiger charge is -2.07. The molecule has 0 atom stereocenters. The summed E-state index contributed by atoms with van der Waals surface area (Å²) in [5, 5.41) is 25.4. The molecule has 23 heavy (non-hydrogen) atoms. The van der Waals surface area contributed by atoms with Gasteiger partial charge >= 0.3 is 5.69 Å². The third-order valence-corrected chi connectivity index (χ3v) is 3.70. The lowest BCUT2D eigenvalue weighted by molar-refractivity contribution is -0.385. The monoisotopic (exact) mass is 393 g/mol. The Kier molecular flexibility index (Phi) is 5.54. The molecule has 0 aliphatic carbocycles. The fraction of sp³-hybridized carbons (Fsp3) is 0. The van der Waals surface area contributed by atoms with E-state index < -0.39 is 16.4 Å². The fourth-order valence-corrected chi connectivity index (χ4v) is 2.78. The first-order valence-corrected chi connectivity index (χ1v) is 7.41. The molecule has 0 heterocycles. The van der Waals surface area contributed by atoms with E-state index in [0.717, 1.165) is 12.3 Å². The van der Waals surface area contributed by atoms with Gasteiger partial charge in [-0.3, -0.25) is 15.5 Å². The summed E-state index contributed by atoms with van der Waals surface area (Å²) in [5.74, 6) is -0.557. The van der Waals surface area contributed by atoms with Crippen molar-refractivity contribution in [3.63, 3.8) is 0 Å². The number of benzene rings is 2. The van der Waals surface area contributed by atoms with Crippen LogP contribution < -0.4 is 5.43 Å². The molecule has 0 amide bonds. The summed E-state index contributed by atoms with van der Waals surface area (Å²) in [6.45, 7) is 0. The predicted molar refractivity (Wildman–Crippen MR) is 92.5 cm³/mol. The SMILES string of the molecule is O=[N+]([O-])c1cc(Cl)cc(/C=N\Nc2c(Cl)cc(Cl)cc2Cl)c1O. The topological polar surface area (TPSA) is 87.8 Å². The van der Waals surface area contributed by atoms with Crippen LogP contribution in [0, 0.1) is 10.1 Å². The molecular formula is C13H7Cl4N3O3. The maximum absolute atomic E-state index is 10.8. The molecule has 0 spiro atoms. The zero-order chi connectivity index (χ0) is 17.1. The first kappa shape index (κ1) is 17.6. The van der Waals surface area contributed by atoms with E-state index >= 15 is 0 Å². The largest absolute Gasteiger partial charge is 0.502 e. The van der Waals surface area contributed by atoms with E-state index in [4.69, 9.17) is 46.4 Å². The summed E-state index contributed by atoms with van der Waals surface area (Å²) in [6, 6.07) is 5.29. The number of rotatable bonds is 4. The Morgan fingerprint density at radius 1 is 1.09 bits per heavy atom. The Morgan fingerprint density at radius 3 is 2.22 bits per heavy atom. The maximum atomic E-state index is 10.8. The van der Waals surface area contributed by atoms with Crippen LogP contribution in [0.5, 0.6) is 5.75 Å². The standard InChI is InChI=1S/C13H7Cl4N3O3/c14-7-1-6(13(21)11(4-7)20(22)23)5-18-19-12-9(16)2-8(15)3-10(12)17/h1-5,19,21H/b18-5-. The van der Waals surface area contributed by atoms with Crippen molar-refractivity contribution in [3.05, 3.63) is 60.0 Å². The van der Waals surface area contributed by atoms with Gasteiger partial charge in [-0.15, -0.1) is 0 Å². The van der Waals surface area contributed by atoms with E-state index in [0.29, 0.717) is 10.7 Å². The van der Waals surface area contributed by atoms with Crippen LogP contribution in [0.25, 0.3) is 0 Å². The van der Waals surface area contributed by atoms with Gasteiger partial charge in [0.15, 0.2) is 0 Å². The average Bonchev–Trinajstić information content (AvgIpc) is 2.44. The van der Waals surface area contributed by atoms with Crippen LogP contribution >= 0.6 is 46.4 Å². The van der Waals surface area contributed by atoms with E-state index in [1.807, 2.05) is 0 Å². The van der Waals surface area contributed by atoms with Gasteiger partial charge < -0.3 is 5.11 Å². The zero-order valence-electron chi connectivity index (χ0n) is 11.1. The minimum atomic E-state index is -0.751. The van der Waals surface area contributed by atoms with Crippen LogP contribution in [0.15, 0.2) is 29.4 Å². The highest BCUT2D eigenvalue weighted by molar-refractivity contribution is 6.41. The molecule has 0 aliphatic heterocycles. The first-order valence-electron chi connectivity index (χ1n) is 5.90. The highest BCUT2D eigenvalue weighted by Gasteiger charge is 2.17. The van der Waals surface area contributed by atoms with Gasteiger partial charge in [-0.05, 0) is 18.2 Å². The van der Waals surface area contributed by atoms with Crippen molar-refractivity contribution in [2.24, 2.45) is 5.10 Å². The van der Waals surface area contributed by atoms with Crippen molar-refractivity contribution < 1.29 is 10.0 Å². The molecular weight excluding hydrogens is 388 g/mol. The molecule has 10 heteroatoms. The summed E-state index contributed by atoms with van der Waals surface area (Å²) in [7, 11) is 0. The second kappa shape index (κ2) is 7.23. The average molecular weight is 395 g/mol. The molecule has 6 nitrogen and oxygen atoms in total. The Balaban J connectivity index is 2.30. The number of hydrogen-bond donors (Lipinski definition) is 2. The predicted octanol–water partition coefficient (Wildman–Crippen LogP) is 5.36. The quantitative estimate of drug-likeness (QED) is 0.415. The molecule has 0 aliphatic rings. The Labute approximate surface area is 150 Å². The maximum Gasteiger partial charge on any atom is 0.312 e. The Hall–Kier alpha value is -1.73. The number of hydrazone groups is 1. The number of nitrogens with zero attached hydrogens (tertiary/aromatic N) is 2. The molecule has 0 saturated carbocycles. The lowest BCUT2D eigenvalue weighted by atomic mass is 10.2. The molecule has 0 radical (unpaired) electrons. The smallest absolute Gasteiger partial charge is 0.312 e. The number of halogens is 4. The fourth-order valence-electron chi connectivity index (χ4n) is 1.66. The highest BCUT2D eigenvalue weighted by Crippen LogP contribution is 2.34. The van der Waals surface area contributed by atoms with E-state index in [-0.39, 0.29) is 20.6 Å². The molecule has 0 saturated heterocycles. The first-order chi connectivity index (χ1) is 10.8. The second-order valence-corrected chi connectivity index (χ2v) is 5.92. The number of phenolic OH excluding ortho intramolecular Hbond substituents is 1. The normalized spacial score (nSPS) is 11.0. The lowest BCUT2D eigenvalue weighted by Crippen LogP contribution is -1.95. The molecule has 0 fully saturated rings. The Morgan fingerprint density at radius 2 is 1.65 bits per heavy atom. The van der Waals surface area contributed by atoms with E-state index in [1.54, 1.807) is 0 Å².